The lowest BCUT2D eigenvalue weighted by molar-refractivity contribution is 0.192. The van der Waals surface area contributed by atoms with Crippen LogP contribution in [-0.4, -0.2) is 32.2 Å². The summed E-state index contributed by atoms with van der Waals surface area (Å²) < 4.78 is 11.2. The molecule has 3 heteroatoms. The van der Waals surface area contributed by atoms with Crippen molar-refractivity contribution >= 4 is 0 Å². The van der Waals surface area contributed by atoms with E-state index in [2.05, 4.69) is 42.2 Å². The van der Waals surface area contributed by atoms with Gasteiger partial charge >= 0.3 is 0 Å². The van der Waals surface area contributed by atoms with Gasteiger partial charge in [-0.25, -0.2) is 0 Å². The predicted molar refractivity (Wildman–Crippen MR) is 92.4 cm³/mol. The van der Waals surface area contributed by atoms with Crippen molar-refractivity contribution in [2.75, 3.05) is 27.3 Å². The Labute approximate surface area is 137 Å². The van der Waals surface area contributed by atoms with Crippen molar-refractivity contribution in [3.63, 3.8) is 0 Å². The molecule has 0 radical (unpaired) electrons. The van der Waals surface area contributed by atoms with Gasteiger partial charge in [0.15, 0.2) is 0 Å². The summed E-state index contributed by atoms with van der Waals surface area (Å²) in [7, 11) is 3.51. The molecule has 2 aliphatic rings. The number of likely N-dealkylation sites (N-methyl/N-ethyl adjacent to an activating group) is 1. The Morgan fingerprint density at radius 3 is 2.74 bits per heavy atom. The van der Waals surface area contributed by atoms with Crippen LogP contribution in [0.15, 0.2) is 30.3 Å². The van der Waals surface area contributed by atoms with Crippen LogP contribution in [0.2, 0.25) is 0 Å². The maximum atomic E-state index is 5.67. The molecular formula is C20H23NO2. The van der Waals surface area contributed by atoms with Gasteiger partial charge in [0.2, 0.25) is 0 Å². The topological polar surface area (TPSA) is 21.7 Å². The van der Waals surface area contributed by atoms with Crippen molar-refractivity contribution in [2.45, 2.75) is 25.8 Å². The molecule has 1 aliphatic carbocycles. The number of hydrogen-bond acceptors (Lipinski definition) is 3. The van der Waals surface area contributed by atoms with Gasteiger partial charge in [-0.3, -0.25) is 4.90 Å². The average Bonchev–Trinajstić information content (AvgIpc) is 2.61. The molecule has 0 aromatic heterocycles. The number of ether oxygens (including phenoxy) is 2. The summed E-state index contributed by atoms with van der Waals surface area (Å²) >= 11 is 0. The first-order valence-corrected chi connectivity index (χ1v) is 8.38. The van der Waals surface area contributed by atoms with Crippen LogP contribution in [0, 0.1) is 0 Å². The minimum absolute atomic E-state index is 0.476. The highest BCUT2D eigenvalue weighted by atomic mass is 16.5. The third-order valence-corrected chi connectivity index (χ3v) is 5.34. The van der Waals surface area contributed by atoms with Crippen molar-refractivity contribution in [2.24, 2.45) is 0 Å². The number of fused-ring (bicyclic) bond motifs is 2. The number of nitrogens with zero attached hydrogens (tertiary/aromatic N) is 1. The Bertz CT molecular complexity index is 754. The molecule has 120 valence electrons. The van der Waals surface area contributed by atoms with E-state index in [1.165, 1.54) is 27.8 Å². The molecule has 0 saturated heterocycles. The molecule has 3 nitrogen and oxygen atoms in total. The summed E-state index contributed by atoms with van der Waals surface area (Å²) in [5, 5.41) is 0. The first-order chi connectivity index (χ1) is 11.3. The fourth-order valence-corrected chi connectivity index (χ4v) is 4.25. The minimum atomic E-state index is 0.476. The fourth-order valence-electron chi connectivity index (χ4n) is 4.25. The molecule has 4 rings (SSSR count). The van der Waals surface area contributed by atoms with Gasteiger partial charge < -0.3 is 9.47 Å². The van der Waals surface area contributed by atoms with E-state index < -0.39 is 0 Å². The van der Waals surface area contributed by atoms with Crippen molar-refractivity contribution in [1.82, 2.24) is 4.90 Å². The van der Waals surface area contributed by atoms with Gasteiger partial charge in [0.05, 0.1) is 14.2 Å². The summed E-state index contributed by atoms with van der Waals surface area (Å²) in [5.74, 6) is 1.91. The number of hydrogen-bond donors (Lipinski definition) is 0. The van der Waals surface area contributed by atoms with E-state index in [4.69, 9.17) is 9.47 Å². The van der Waals surface area contributed by atoms with Gasteiger partial charge in [-0.15, -0.1) is 0 Å². The smallest absolute Gasteiger partial charge is 0.126 e. The molecule has 0 fully saturated rings. The third kappa shape index (κ3) is 2.14. The third-order valence-electron chi connectivity index (χ3n) is 5.34. The van der Waals surface area contributed by atoms with Crippen LogP contribution in [0.4, 0.5) is 0 Å². The Morgan fingerprint density at radius 1 is 1.13 bits per heavy atom. The molecular weight excluding hydrogens is 286 g/mol. The molecule has 1 atom stereocenters. The standard InChI is InChI=1S/C20H23NO2/c1-4-21-9-8-14-10-15(22-2)12-16-19(14)17(21)11-13-6-5-7-18(23-3)20(13)16/h5-7,10,12,17H,4,8-9,11H2,1-3H3/t17-/m1/s1. The number of methoxy groups -OCH3 is 2. The lowest BCUT2D eigenvalue weighted by Crippen LogP contribution is -2.38. The Morgan fingerprint density at radius 2 is 2.00 bits per heavy atom. The zero-order valence-corrected chi connectivity index (χ0v) is 14.1. The van der Waals surface area contributed by atoms with E-state index in [0.29, 0.717) is 6.04 Å². The molecule has 0 saturated carbocycles. The zero-order chi connectivity index (χ0) is 16.0. The Balaban J connectivity index is 2.01. The van der Waals surface area contributed by atoms with Crippen LogP contribution in [0.1, 0.15) is 29.7 Å². The molecule has 2 aromatic carbocycles. The second-order valence-electron chi connectivity index (χ2n) is 6.34. The average molecular weight is 309 g/mol. The van der Waals surface area contributed by atoms with E-state index in [-0.39, 0.29) is 0 Å². The Hall–Kier alpha value is -2.00. The summed E-state index contributed by atoms with van der Waals surface area (Å²) in [6.45, 7) is 4.48. The molecule has 0 spiro atoms. The van der Waals surface area contributed by atoms with Crippen LogP contribution < -0.4 is 9.47 Å². The summed E-state index contributed by atoms with van der Waals surface area (Å²) in [6.07, 6.45) is 2.15. The van der Waals surface area contributed by atoms with Gasteiger partial charge in [0, 0.05) is 18.2 Å². The first-order valence-electron chi connectivity index (χ1n) is 8.38. The van der Waals surface area contributed by atoms with Crippen LogP contribution >= 0.6 is 0 Å². The number of benzene rings is 2. The zero-order valence-electron chi connectivity index (χ0n) is 14.1. The van der Waals surface area contributed by atoms with Crippen LogP contribution in [-0.2, 0) is 12.8 Å². The van der Waals surface area contributed by atoms with E-state index in [1.54, 1.807) is 14.2 Å². The van der Waals surface area contributed by atoms with Crippen molar-refractivity contribution in [1.29, 1.82) is 0 Å². The van der Waals surface area contributed by atoms with Crippen molar-refractivity contribution < 1.29 is 9.47 Å². The van der Waals surface area contributed by atoms with Crippen LogP contribution in [0.5, 0.6) is 11.5 Å². The second kappa shape index (κ2) is 5.57. The molecule has 1 aliphatic heterocycles. The van der Waals surface area contributed by atoms with Gasteiger partial charge in [-0.1, -0.05) is 19.1 Å². The molecule has 0 N–H and O–H groups in total. The summed E-state index contributed by atoms with van der Waals surface area (Å²) in [5.41, 5.74) is 6.84. The molecule has 0 bridgehead atoms. The highest BCUT2D eigenvalue weighted by Crippen LogP contribution is 2.49. The Kier molecular flexibility index (Phi) is 3.53. The molecule has 0 amide bonds. The summed E-state index contributed by atoms with van der Waals surface area (Å²) in [6, 6.07) is 11.3. The van der Waals surface area contributed by atoms with Crippen molar-refractivity contribution in [3.05, 3.63) is 47.0 Å². The lowest BCUT2D eigenvalue weighted by atomic mass is 9.76. The quantitative estimate of drug-likeness (QED) is 0.859. The normalized spacial score (nSPS) is 19.0. The fraction of sp³-hybridized carbons (Fsp3) is 0.400. The van der Waals surface area contributed by atoms with E-state index >= 15 is 0 Å². The predicted octanol–water partition coefficient (Wildman–Crippen LogP) is 3.85. The van der Waals surface area contributed by atoms with Crippen LogP contribution in [0.25, 0.3) is 11.1 Å². The van der Waals surface area contributed by atoms with Gasteiger partial charge in [-0.05, 0) is 59.8 Å². The van der Waals surface area contributed by atoms with Gasteiger partial charge in [0.25, 0.3) is 0 Å². The highest BCUT2D eigenvalue weighted by molar-refractivity contribution is 5.81. The van der Waals surface area contributed by atoms with E-state index in [9.17, 15) is 0 Å². The van der Waals surface area contributed by atoms with E-state index in [1.807, 2.05) is 0 Å². The van der Waals surface area contributed by atoms with Gasteiger partial charge in [0.1, 0.15) is 11.5 Å². The second-order valence-corrected chi connectivity index (χ2v) is 6.34. The number of rotatable bonds is 3. The maximum Gasteiger partial charge on any atom is 0.126 e. The molecule has 23 heavy (non-hydrogen) atoms. The largest absolute Gasteiger partial charge is 0.497 e. The molecule has 2 aromatic rings. The summed E-state index contributed by atoms with van der Waals surface area (Å²) in [4.78, 5) is 2.60. The molecule has 1 heterocycles. The molecule has 0 unspecified atom stereocenters. The van der Waals surface area contributed by atoms with Gasteiger partial charge in [-0.2, -0.15) is 0 Å². The minimum Gasteiger partial charge on any atom is -0.497 e. The lowest BCUT2D eigenvalue weighted by Gasteiger charge is -2.41. The first kappa shape index (κ1) is 14.6. The van der Waals surface area contributed by atoms with Crippen molar-refractivity contribution in [3.8, 4) is 22.6 Å². The monoisotopic (exact) mass is 309 g/mol. The maximum absolute atomic E-state index is 5.67. The SMILES string of the molecule is CCN1CCc2cc(OC)cc3c2[C@H]1Cc1cccc(OC)c1-3. The highest BCUT2D eigenvalue weighted by Gasteiger charge is 2.35. The van der Waals surface area contributed by atoms with Crippen LogP contribution in [0.3, 0.4) is 0 Å². The van der Waals surface area contributed by atoms with E-state index in [0.717, 1.165) is 37.4 Å².